The molecule has 0 aromatic heterocycles. The first-order valence-corrected chi connectivity index (χ1v) is 5.14. The normalized spacial score (nSPS) is 11.6. The van der Waals surface area contributed by atoms with Crippen molar-refractivity contribution in [1.82, 2.24) is 0 Å². The monoisotopic (exact) mass is 274 g/mol. The third kappa shape index (κ3) is 2.83. The van der Waals surface area contributed by atoms with Crippen LogP contribution in [0.25, 0.3) is 11.1 Å². The molecule has 19 heavy (non-hydrogen) atoms. The van der Waals surface area contributed by atoms with E-state index in [1.54, 1.807) is 0 Å². The first kappa shape index (κ1) is 13.3. The van der Waals surface area contributed by atoms with Gasteiger partial charge in [0, 0.05) is 6.07 Å². The second kappa shape index (κ2) is 4.53. The van der Waals surface area contributed by atoms with Gasteiger partial charge in [0.2, 0.25) is 0 Å². The molecule has 0 heterocycles. The van der Waals surface area contributed by atoms with Crippen LogP contribution in [0.4, 0.5) is 22.0 Å². The van der Waals surface area contributed by atoms with E-state index in [1.165, 1.54) is 0 Å². The number of hydrogen-bond donors (Lipinski definition) is 1. The summed E-state index contributed by atoms with van der Waals surface area (Å²) in [5, 5.41) is 9.20. The Balaban J connectivity index is 2.58. The van der Waals surface area contributed by atoms with Gasteiger partial charge in [-0.2, -0.15) is 13.2 Å². The van der Waals surface area contributed by atoms with Crippen LogP contribution >= 0.6 is 0 Å². The summed E-state index contributed by atoms with van der Waals surface area (Å²) in [4.78, 5) is 0. The van der Waals surface area contributed by atoms with Gasteiger partial charge in [-0.25, -0.2) is 8.78 Å². The van der Waals surface area contributed by atoms with Crippen LogP contribution in [0.15, 0.2) is 36.4 Å². The molecule has 2 aromatic rings. The molecule has 2 rings (SSSR count). The maximum absolute atomic E-state index is 13.1. The molecule has 0 atom stereocenters. The molecular weight excluding hydrogens is 267 g/mol. The minimum absolute atomic E-state index is 0.0306. The van der Waals surface area contributed by atoms with Crippen molar-refractivity contribution < 1.29 is 27.1 Å². The fraction of sp³-hybridized carbons (Fsp3) is 0.0769. The van der Waals surface area contributed by atoms with E-state index in [0.29, 0.717) is 12.1 Å². The van der Waals surface area contributed by atoms with Gasteiger partial charge < -0.3 is 5.11 Å². The summed E-state index contributed by atoms with van der Waals surface area (Å²) >= 11 is 0. The van der Waals surface area contributed by atoms with Crippen molar-refractivity contribution in [2.45, 2.75) is 6.18 Å². The molecule has 0 saturated carbocycles. The fourth-order valence-corrected chi connectivity index (χ4v) is 1.66. The van der Waals surface area contributed by atoms with Crippen molar-refractivity contribution in [2.24, 2.45) is 0 Å². The lowest BCUT2D eigenvalue weighted by atomic mass is 10.0. The van der Waals surface area contributed by atoms with Gasteiger partial charge >= 0.3 is 6.18 Å². The Morgan fingerprint density at radius 2 is 1.53 bits per heavy atom. The summed E-state index contributed by atoms with van der Waals surface area (Å²) in [5.41, 5.74) is -1.44. The first-order chi connectivity index (χ1) is 8.77. The SMILES string of the molecule is Oc1cc(F)cc(-c2ccc(F)c(C(F)(F)F)c2)c1. The van der Waals surface area contributed by atoms with Crippen molar-refractivity contribution in [3.63, 3.8) is 0 Å². The topological polar surface area (TPSA) is 20.2 Å². The molecule has 0 saturated heterocycles. The molecule has 0 fully saturated rings. The molecule has 0 amide bonds. The molecule has 0 radical (unpaired) electrons. The Labute approximate surface area is 104 Å². The number of benzene rings is 2. The van der Waals surface area contributed by atoms with E-state index in [-0.39, 0.29) is 11.1 Å². The van der Waals surface area contributed by atoms with Crippen LogP contribution in [0.1, 0.15) is 5.56 Å². The van der Waals surface area contributed by atoms with E-state index >= 15 is 0 Å². The van der Waals surface area contributed by atoms with Crippen LogP contribution < -0.4 is 0 Å². The maximum Gasteiger partial charge on any atom is 0.419 e. The van der Waals surface area contributed by atoms with Gasteiger partial charge in [-0.3, -0.25) is 0 Å². The average molecular weight is 274 g/mol. The molecule has 1 N–H and O–H groups in total. The van der Waals surface area contributed by atoms with Crippen LogP contribution in [-0.2, 0) is 6.18 Å². The summed E-state index contributed by atoms with van der Waals surface area (Å²) in [7, 11) is 0. The molecular formula is C13H7F5O. The van der Waals surface area contributed by atoms with Gasteiger partial charge in [-0.15, -0.1) is 0 Å². The van der Waals surface area contributed by atoms with Crippen LogP contribution in [0.3, 0.4) is 0 Å². The molecule has 0 bridgehead atoms. The third-order valence-electron chi connectivity index (χ3n) is 2.49. The predicted octanol–water partition coefficient (Wildman–Crippen LogP) is 4.36. The highest BCUT2D eigenvalue weighted by atomic mass is 19.4. The quantitative estimate of drug-likeness (QED) is 0.766. The summed E-state index contributed by atoms with van der Waals surface area (Å²) in [6, 6.07) is 5.17. The lowest BCUT2D eigenvalue weighted by Crippen LogP contribution is -2.08. The van der Waals surface area contributed by atoms with Gasteiger partial charge in [-0.05, 0) is 35.4 Å². The molecule has 0 unspecified atom stereocenters. The van der Waals surface area contributed by atoms with Crippen molar-refractivity contribution >= 4 is 0 Å². The number of phenols is 1. The summed E-state index contributed by atoms with van der Waals surface area (Å²) in [5.74, 6) is -2.63. The molecule has 2 aromatic carbocycles. The van der Waals surface area contributed by atoms with E-state index in [2.05, 4.69) is 0 Å². The second-order valence-corrected chi connectivity index (χ2v) is 3.89. The molecule has 6 heteroatoms. The lowest BCUT2D eigenvalue weighted by molar-refractivity contribution is -0.139. The minimum Gasteiger partial charge on any atom is -0.508 e. The molecule has 0 aliphatic heterocycles. The summed E-state index contributed by atoms with van der Waals surface area (Å²) < 4.78 is 63.8. The minimum atomic E-state index is -4.84. The largest absolute Gasteiger partial charge is 0.508 e. The number of halogens is 5. The second-order valence-electron chi connectivity index (χ2n) is 3.89. The predicted molar refractivity (Wildman–Crippen MR) is 58.5 cm³/mol. The summed E-state index contributed by atoms with van der Waals surface area (Å²) in [6.07, 6.45) is -4.84. The standard InChI is InChI=1S/C13H7F5O/c14-9-3-8(4-10(19)6-9)7-1-2-12(15)11(5-7)13(16,17)18/h1-6,19H. The molecule has 100 valence electrons. The Morgan fingerprint density at radius 3 is 2.11 bits per heavy atom. The molecule has 0 aliphatic rings. The number of hydrogen-bond acceptors (Lipinski definition) is 1. The van der Waals surface area contributed by atoms with E-state index in [0.717, 1.165) is 24.3 Å². The Hall–Kier alpha value is -2.11. The fourth-order valence-electron chi connectivity index (χ4n) is 1.66. The van der Waals surface area contributed by atoms with Crippen LogP contribution in [0, 0.1) is 11.6 Å². The lowest BCUT2D eigenvalue weighted by Gasteiger charge is -2.10. The highest BCUT2D eigenvalue weighted by Gasteiger charge is 2.34. The zero-order valence-electron chi connectivity index (χ0n) is 9.30. The number of phenolic OH excluding ortho intramolecular Hbond substituents is 1. The molecule has 1 nitrogen and oxygen atoms in total. The molecule has 0 aliphatic carbocycles. The zero-order valence-corrected chi connectivity index (χ0v) is 9.30. The van der Waals surface area contributed by atoms with Crippen LogP contribution in [0.5, 0.6) is 5.75 Å². The van der Waals surface area contributed by atoms with Crippen molar-refractivity contribution in [2.75, 3.05) is 0 Å². The Bertz CT molecular complexity index is 599. The highest BCUT2D eigenvalue weighted by molar-refractivity contribution is 5.66. The highest BCUT2D eigenvalue weighted by Crippen LogP contribution is 2.35. The summed E-state index contributed by atoms with van der Waals surface area (Å²) in [6.45, 7) is 0. The van der Waals surface area contributed by atoms with E-state index in [9.17, 15) is 27.1 Å². The van der Waals surface area contributed by atoms with Gasteiger partial charge in [0.15, 0.2) is 0 Å². The van der Waals surface area contributed by atoms with Crippen LogP contribution in [0.2, 0.25) is 0 Å². The van der Waals surface area contributed by atoms with Gasteiger partial charge in [0.25, 0.3) is 0 Å². The maximum atomic E-state index is 13.1. The number of rotatable bonds is 1. The van der Waals surface area contributed by atoms with Crippen molar-refractivity contribution in [3.05, 3.63) is 53.6 Å². The first-order valence-electron chi connectivity index (χ1n) is 5.14. The zero-order chi connectivity index (χ0) is 14.2. The van der Waals surface area contributed by atoms with E-state index < -0.39 is 29.1 Å². The smallest absolute Gasteiger partial charge is 0.419 e. The van der Waals surface area contributed by atoms with Gasteiger partial charge in [0.1, 0.15) is 17.4 Å². The third-order valence-corrected chi connectivity index (χ3v) is 2.49. The van der Waals surface area contributed by atoms with Gasteiger partial charge in [-0.1, -0.05) is 6.07 Å². The van der Waals surface area contributed by atoms with E-state index in [1.807, 2.05) is 0 Å². The average Bonchev–Trinajstić information content (AvgIpc) is 2.26. The van der Waals surface area contributed by atoms with E-state index in [4.69, 9.17) is 0 Å². The van der Waals surface area contributed by atoms with Gasteiger partial charge in [0.05, 0.1) is 5.56 Å². The van der Waals surface area contributed by atoms with Crippen molar-refractivity contribution in [1.29, 1.82) is 0 Å². The van der Waals surface area contributed by atoms with Crippen molar-refractivity contribution in [3.8, 4) is 16.9 Å². The Kier molecular flexibility index (Phi) is 3.18. The number of alkyl halides is 3. The number of aromatic hydroxyl groups is 1. The van der Waals surface area contributed by atoms with Crippen LogP contribution in [-0.4, -0.2) is 5.11 Å². The Morgan fingerprint density at radius 1 is 0.842 bits per heavy atom. The molecule has 0 spiro atoms.